The van der Waals surface area contributed by atoms with E-state index in [0.29, 0.717) is 12.0 Å². The van der Waals surface area contributed by atoms with Gasteiger partial charge in [0.2, 0.25) is 0 Å². The van der Waals surface area contributed by atoms with Gasteiger partial charge in [0.05, 0.1) is 5.69 Å². The molecule has 0 saturated carbocycles. The summed E-state index contributed by atoms with van der Waals surface area (Å²) in [5, 5.41) is 0. The first kappa shape index (κ1) is 13.5. The summed E-state index contributed by atoms with van der Waals surface area (Å²) in [6.45, 7) is 12.0. The molecule has 0 atom stereocenters. The summed E-state index contributed by atoms with van der Waals surface area (Å²) in [4.78, 5) is 6.98. The van der Waals surface area contributed by atoms with Gasteiger partial charge in [-0.05, 0) is 54.8 Å². The zero-order chi connectivity index (χ0) is 12.3. The highest BCUT2D eigenvalue weighted by molar-refractivity contribution is 9.10. The van der Waals surface area contributed by atoms with Crippen LogP contribution in [0.5, 0.6) is 0 Å². The molecule has 90 valence electrons. The summed E-state index contributed by atoms with van der Waals surface area (Å²) in [7, 11) is 0. The Hall–Kier alpha value is -0.570. The van der Waals surface area contributed by atoms with Gasteiger partial charge in [0, 0.05) is 17.1 Å². The molecule has 0 aromatic carbocycles. The molecule has 0 fully saturated rings. The van der Waals surface area contributed by atoms with Crippen molar-refractivity contribution in [3.05, 3.63) is 22.3 Å². The molecule has 1 rings (SSSR count). The van der Waals surface area contributed by atoms with Crippen LogP contribution in [0.25, 0.3) is 0 Å². The predicted molar refractivity (Wildman–Crippen MR) is 74.0 cm³/mol. The van der Waals surface area contributed by atoms with Gasteiger partial charge < -0.3 is 4.90 Å². The van der Waals surface area contributed by atoms with Crippen LogP contribution < -0.4 is 4.90 Å². The van der Waals surface area contributed by atoms with Crippen LogP contribution in [-0.4, -0.2) is 17.6 Å². The van der Waals surface area contributed by atoms with E-state index in [-0.39, 0.29) is 0 Å². The van der Waals surface area contributed by atoms with Crippen molar-refractivity contribution in [3.63, 3.8) is 0 Å². The van der Waals surface area contributed by atoms with E-state index >= 15 is 0 Å². The van der Waals surface area contributed by atoms with Crippen LogP contribution in [0.4, 0.5) is 5.82 Å². The highest BCUT2D eigenvalue weighted by Gasteiger charge is 2.13. The Morgan fingerprint density at radius 1 is 1.25 bits per heavy atom. The molecule has 3 heteroatoms. The number of anilines is 1. The third-order valence-corrected chi connectivity index (χ3v) is 3.32. The van der Waals surface area contributed by atoms with Gasteiger partial charge in [-0.25, -0.2) is 4.98 Å². The van der Waals surface area contributed by atoms with Gasteiger partial charge >= 0.3 is 0 Å². The lowest BCUT2D eigenvalue weighted by Crippen LogP contribution is -2.34. The second kappa shape index (κ2) is 5.67. The van der Waals surface area contributed by atoms with E-state index in [1.807, 2.05) is 6.92 Å². The normalized spacial score (nSPS) is 11.2. The van der Waals surface area contributed by atoms with Crippen LogP contribution in [0.1, 0.15) is 33.4 Å². The molecule has 0 aliphatic rings. The molecule has 2 nitrogen and oxygen atoms in total. The first-order chi connectivity index (χ1) is 7.41. The first-order valence-electron chi connectivity index (χ1n) is 5.81. The maximum absolute atomic E-state index is 4.63. The summed E-state index contributed by atoms with van der Waals surface area (Å²) in [5.74, 6) is 1.72. The smallest absolute Gasteiger partial charge is 0.129 e. The second-order valence-corrected chi connectivity index (χ2v) is 5.73. The lowest BCUT2D eigenvalue weighted by atomic mass is 10.1. The summed E-state index contributed by atoms with van der Waals surface area (Å²) in [6, 6.07) is 4.64. The maximum Gasteiger partial charge on any atom is 0.129 e. The first-order valence-corrected chi connectivity index (χ1v) is 6.61. The average molecular weight is 285 g/mol. The Bertz CT molecular complexity index is 348. The Labute approximate surface area is 107 Å². The van der Waals surface area contributed by atoms with Crippen LogP contribution in [0.3, 0.4) is 0 Å². The molecule has 0 bridgehead atoms. The zero-order valence-electron chi connectivity index (χ0n) is 10.8. The SMILES string of the molecule is Cc1nc(N(CC(C)C)C(C)C)ccc1Br. The lowest BCUT2D eigenvalue weighted by molar-refractivity contribution is 0.565. The van der Waals surface area contributed by atoms with Gasteiger partial charge in [-0.15, -0.1) is 0 Å². The number of aryl methyl sites for hydroxylation is 1. The molecule has 1 aromatic rings. The van der Waals surface area contributed by atoms with Crippen molar-refractivity contribution in [1.29, 1.82) is 0 Å². The van der Waals surface area contributed by atoms with E-state index in [1.54, 1.807) is 0 Å². The molecule has 0 aliphatic carbocycles. The standard InChI is InChI=1S/C13H21BrN2/c1-9(2)8-16(10(3)4)13-7-6-12(14)11(5)15-13/h6-7,9-10H,8H2,1-5H3. The van der Waals surface area contributed by atoms with Gasteiger partial charge in [0.1, 0.15) is 5.82 Å². The fourth-order valence-electron chi connectivity index (χ4n) is 1.65. The van der Waals surface area contributed by atoms with Gasteiger partial charge in [-0.1, -0.05) is 13.8 Å². The Morgan fingerprint density at radius 2 is 1.88 bits per heavy atom. The maximum atomic E-state index is 4.63. The molecule has 1 heterocycles. The van der Waals surface area contributed by atoms with E-state index in [9.17, 15) is 0 Å². The summed E-state index contributed by atoms with van der Waals surface area (Å²) >= 11 is 3.49. The number of hydrogen-bond donors (Lipinski definition) is 0. The number of pyridine rings is 1. The van der Waals surface area contributed by atoms with Gasteiger partial charge in [0.15, 0.2) is 0 Å². The third-order valence-electron chi connectivity index (χ3n) is 2.49. The Balaban J connectivity index is 2.97. The minimum Gasteiger partial charge on any atom is -0.354 e. The van der Waals surface area contributed by atoms with E-state index in [2.05, 4.69) is 65.6 Å². The number of rotatable bonds is 4. The molecule has 0 spiro atoms. The van der Waals surface area contributed by atoms with E-state index in [0.717, 1.165) is 22.5 Å². The zero-order valence-corrected chi connectivity index (χ0v) is 12.4. The monoisotopic (exact) mass is 284 g/mol. The molecule has 1 aromatic heterocycles. The number of aromatic nitrogens is 1. The quantitative estimate of drug-likeness (QED) is 0.830. The van der Waals surface area contributed by atoms with Crippen molar-refractivity contribution in [2.45, 2.75) is 40.7 Å². The molecule has 0 saturated heterocycles. The highest BCUT2D eigenvalue weighted by atomic mass is 79.9. The number of nitrogens with zero attached hydrogens (tertiary/aromatic N) is 2. The lowest BCUT2D eigenvalue weighted by Gasteiger charge is -2.30. The molecular formula is C13H21BrN2. The van der Waals surface area contributed by atoms with Gasteiger partial charge in [-0.2, -0.15) is 0 Å². The van der Waals surface area contributed by atoms with Crippen LogP contribution in [0, 0.1) is 12.8 Å². The number of hydrogen-bond acceptors (Lipinski definition) is 2. The molecule has 0 aliphatic heterocycles. The third kappa shape index (κ3) is 3.48. The Kier molecular flexibility index (Phi) is 4.78. The summed E-state index contributed by atoms with van der Waals surface area (Å²) in [6.07, 6.45) is 0. The van der Waals surface area contributed by atoms with Gasteiger partial charge in [0.25, 0.3) is 0 Å². The van der Waals surface area contributed by atoms with Crippen molar-refractivity contribution in [2.75, 3.05) is 11.4 Å². The van der Waals surface area contributed by atoms with E-state index in [1.165, 1.54) is 0 Å². The fourth-order valence-corrected chi connectivity index (χ4v) is 1.87. The van der Waals surface area contributed by atoms with Crippen LogP contribution >= 0.6 is 15.9 Å². The highest BCUT2D eigenvalue weighted by Crippen LogP contribution is 2.21. The van der Waals surface area contributed by atoms with Crippen molar-refractivity contribution in [3.8, 4) is 0 Å². The van der Waals surface area contributed by atoms with Crippen molar-refractivity contribution >= 4 is 21.7 Å². The number of halogens is 1. The van der Waals surface area contributed by atoms with E-state index in [4.69, 9.17) is 0 Å². The molecule has 0 radical (unpaired) electrons. The molecule has 16 heavy (non-hydrogen) atoms. The van der Waals surface area contributed by atoms with Crippen LogP contribution in [0.2, 0.25) is 0 Å². The topological polar surface area (TPSA) is 16.1 Å². The largest absolute Gasteiger partial charge is 0.354 e. The van der Waals surface area contributed by atoms with Crippen molar-refractivity contribution < 1.29 is 0 Å². The second-order valence-electron chi connectivity index (χ2n) is 4.88. The summed E-state index contributed by atoms with van der Waals surface area (Å²) in [5.41, 5.74) is 1.05. The summed E-state index contributed by atoms with van der Waals surface area (Å²) < 4.78 is 1.07. The molecule has 0 unspecified atom stereocenters. The minimum absolute atomic E-state index is 0.482. The fraction of sp³-hybridized carbons (Fsp3) is 0.615. The van der Waals surface area contributed by atoms with E-state index < -0.39 is 0 Å². The minimum atomic E-state index is 0.482. The van der Waals surface area contributed by atoms with Gasteiger partial charge in [-0.3, -0.25) is 0 Å². The average Bonchev–Trinajstić information content (AvgIpc) is 2.18. The predicted octanol–water partition coefficient (Wildman–Crippen LogP) is 4.02. The molecular weight excluding hydrogens is 264 g/mol. The van der Waals surface area contributed by atoms with Crippen LogP contribution in [-0.2, 0) is 0 Å². The van der Waals surface area contributed by atoms with Crippen molar-refractivity contribution in [1.82, 2.24) is 4.98 Å². The molecule has 0 N–H and O–H groups in total. The Morgan fingerprint density at radius 3 is 2.31 bits per heavy atom. The van der Waals surface area contributed by atoms with Crippen molar-refractivity contribution in [2.24, 2.45) is 5.92 Å². The van der Waals surface area contributed by atoms with Crippen LogP contribution in [0.15, 0.2) is 16.6 Å². The molecule has 0 amide bonds.